The lowest BCUT2D eigenvalue weighted by Crippen LogP contribution is -2.31. The summed E-state index contributed by atoms with van der Waals surface area (Å²) in [4.78, 5) is 33.1. The molecule has 2 aromatic heterocycles. The van der Waals surface area contributed by atoms with Crippen LogP contribution in [0.25, 0.3) is 10.7 Å². The van der Waals surface area contributed by atoms with E-state index >= 15 is 0 Å². The molecule has 0 fully saturated rings. The van der Waals surface area contributed by atoms with Crippen LogP contribution >= 0.6 is 11.6 Å². The standard InChI is InChI=1S/C22H18ClF3N6O2/c1-11(2)29-20(33)14-9-13(27-4)8-12(3)18(14)30-21(34)16-10-17(22(24,25)26)31-32(16)19-15(23)6-5-7-28-19/h5-11H,1-3H3,(H,29,33)(H,30,34). The Morgan fingerprint density at radius 3 is 2.50 bits per heavy atom. The predicted octanol–water partition coefficient (Wildman–Crippen LogP) is 5.19. The molecule has 3 aromatic rings. The van der Waals surface area contributed by atoms with Gasteiger partial charge in [-0.25, -0.2) is 14.5 Å². The lowest BCUT2D eigenvalue weighted by molar-refractivity contribution is -0.141. The number of nitrogens with one attached hydrogen (secondary N) is 2. The van der Waals surface area contributed by atoms with E-state index in [4.69, 9.17) is 18.2 Å². The number of nitrogens with zero attached hydrogens (tertiary/aromatic N) is 4. The molecule has 2 heterocycles. The summed E-state index contributed by atoms with van der Waals surface area (Å²) in [6.45, 7) is 12.3. The van der Waals surface area contributed by atoms with Gasteiger partial charge in [-0.3, -0.25) is 9.59 Å². The highest BCUT2D eigenvalue weighted by atomic mass is 35.5. The summed E-state index contributed by atoms with van der Waals surface area (Å²) in [5.41, 5.74) is -1.26. The molecule has 0 bridgehead atoms. The van der Waals surface area contributed by atoms with Crippen molar-refractivity contribution in [3.8, 4) is 5.82 Å². The Hall–Kier alpha value is -3.91. The third-order valence-electron chi connectivity index (χ3n) is 4.52. The number of alkyl halides is 3. The van der Waals surface area contributed by atoms with Crippen molar-refractivity contribution in [1.29, 1.82) is 0 Å². The first-order valence-electron chi connectivity index (χ1n) is 9.84. The molecule has 0 spiro atoms. The van der Waals surface area contributed by atoms with E-state index in [1.165, 1.54) is 30.5 Å². The molecule has 2 amide bonds. The summed E-state index contributed by atoms with van der Waals surface area (Å²) in [6.07, 6.45) is -3.55. The van der Waals surface area contributed by atoms with Crippen molar-refractivity contribution < 1.29 is 22.8 Å². The number of anilines is 1. The summed E-state index contributed by atoms with van der Waals surface area (Å²) in [5.74, 6) is -1.72. The van der Waals surface area contributed by atoms with Crippen molar-refractivity contribution in [3.63, 3.8) is 0 Å². The minimum atomic E-state index is -4.84. The molecule has 0 unspecified atom stereocenters. The number of hydrogen-bond acceptors (Lipinski definition) is 4. The third kappa shape index (κ3) is 5.18. The van der Waals surface area contributed by atoms with Crippen molar-refractivity contribution in [2.24, 2.45) is 0 Å². The number of benzene rings is 1. The second-order valence-electron chi connectivity index (χ2n) is 7.51. The van der Waals surface area contributed by atoms with Crippen LogP contribution < -0.4 is 10.6 Å². The highest BCUT2D eigenvalue weighted by molar-refractivity contribution is 6.32. The summed E-state index contributed by atoms with van der Waals surface area (Å²) in [5, 5.41) is 8.63. The van der Waals surface area contributed by atoms with Gasteiger partial charge in [0.05, 0.1) is 22.8 Å². The van der Waals surface area contributed by atoms with E-state index in [9.17, 15) is 22.8 Å². The van der Waals surface area contributed by atoms with Crippen LogP contribution in [0.1, 0.15) is 46.0 Å². The van der Waals surface area contributed by atoms with Crippen LogP contribution in [0.15, 0.2) is 36.5 Å². The van der Waals surface area contributed by atoms with E-state index in [1.807, 2.05) is 0 Å². The average Bonchev–Trinajstić information content (AvgIpc) is 3.20. The molecule has 0 atom stereocenters. The second-order valence-corrected chi connectivity index (χ2v) is 7.92. The zero-order chi connectivity index (χ0) is 25.2. The zero-order valence-corrected chi connectivity index (χ0v) is 18.9. The Morgan fingerprint density at radius 1 is 1.21 bits per heavy atom. The number of carbonyl (C=O) groups excluding carboxylic acids is 2. The molecule has 12 heteroatoms. The van der Waals surface area contributed by atoms with Crippen molar-refractivity contribution in [1.82, 2.24) is 20.1 Å². The molecule has 176 valence electrons. The van der Waals surface area contributed by atoms with Gasteiger partial charge >= 0.3 is 6.18 Å². The molecule has 0 radical (unpaired) electrons. The van der Waals surface area contributed by atoms with E-state index in [2.05, 4.69) is 25.6 Å². The molecule has 0 saturated heterocycles. The molecule has 8 nitrogen and oxygen atoms in total. The maximum Gasteiger partial charge on any atom is 0.435 e. The van der Waals surface area contributed by atoms with Crippen LogP contribution in [0, 0.1) is 13.5 Å². The fourth-order valence-corrected chi connectivity index (χ4v) is 3.27. The first kappa shape index (κ1) is 24.7. The average molecular weight is 491 g/mol. The lowest BCUT2D eigenvalue weighted by Gasteiger charge is -2.16. The van der Waals surface area contributed by atoms with E-state index in [0.717, 1.165) is 0 Å². The second kappa shape index (κ2) is 9.52. The van der Waals surface area contributed by atoms with Crippen LogP contribution in [0.3, 0.4) is 0 Å². The smallest absolute Gasteiger partial charge is 0.350 e. The van der Waals surface area contributed by atoms with Crippen LogP contribution in [-0.2, 0) is 6.18 Å². The maximum atomic E-state index is 13.4. The molecule has 34 heavy (non-hydrogen) atoms. The van der Waals surface area contributed by atoms with E-state index in [-0.39, 0.29) is 33.8 Å². The molecule has 0 aliphatic rings. The Kier molecular flexibility index (Phi) is 6.93. The van der Waals surface area contributed by atoms with Gasteiger partial charge < -0.3 is 10.6 Å². The van der Waals surface area contributed by atoms with Gasteiger partial charge in [0.25, 0.3) is 11.8 Å². The monoisotopic (exact) mass is 490 g/mol. The molecule has 0 aliphatic carbocycles. The van der Waals surface area contributed by atoms with E-state index in [0.29, 0.717) is 16.3 Å². The van der Waals surface area contributed by atoms with Crippen molar-refractivity contribution in [2.45, 2.75) is 33.0 Å². The Balaban J connectivity index is 2.12. The predicted molar refractivity (Wildman–Crippen MR) is 119 cm³/mol. The van der Waals surface area contributed by atoms with Crippen LogP contribution in [0.2, 0.25) is 5.02 Å². The number of carbonyl (C=O) groups is 2. The number of aryl methyl sites for hydroxylation is 1. The minimum absolute atomic E-state index is 0.00831. The molecule has 0 saturated carbocycles. The summed E-state index contributed by atoms with van der Waals surface area (Å²) in [6, 6.07) is 5.93. The van der Waals surface area contributed by atoms with Crippen LogP contribution in [-0.4, -0.2) is 32.6 Å². The van der Waals surface area contributed by atoms with Gasteiger partial charge in [0.15, 0.2) is 17.2 Å². The molecular formula is C22H18ClF3N6O2. The first-order chi connectivity index (χ1) is 15.9. The van der Waals surface area contributed by atoms with Crippen LogP contribution in [0.4, 0.5) is 24.5 Å². The quantitative estimate of drug-likeness (QED) is 0.481. The minimum Gasteiger partial charge on any atom is -0.350 e. The fourth-order valence-electron chi connectivity index (χ4n) is 3.07. The number of aromatic nitrogens is 3. The van der Waals surface area contributed by atoms with Gasteiger partial charge in [-0.05, 0) is 44.5 Å². The maximum absolute atomic E-state index is 13.4. The van der Waals surface area contributed by atoms with E-state index in [1.54, 1.807) is 20.8 Å². The summed E-state index contributed by atoms with van der Waals surface area (Å²) >= 11 is 6.08. The van der Waals surface area contributed by atoms with Gasteiger partial charge in [0.1, 0.15) is 5.69 Å². The van der Waals surface area contributed by atoms with E-state index < -0.39 is 29.4 Å². The summed E-state index contributed by atoms with van der Waals surface area (Å²) in [7, 11) is 0. The third-order valence-corrected chi connectivity index (χ3v) is 4.82. The number of hydrogen-bond donors (Lipinski definition) is 2. The van der Waals surface area contributed by atoms with Crippen molar-refractivity contribution in [2.75, 3.05) is 5.32 Å². The van der Waals surface area contributed by atoms with Gasteiger partial charge in [0.2, 0.25) is 0 Å². The molecule has 3 rings (SSSR count). The van der Waals surface area contributed by atoms with Crippen LogP contribution in [0.5, 0.6) is 0 Å². The Morgan fingerprint density at radius 2 is 1.91 bits per heavy atom. The summed E-state index contributed by atoms with van der Waals surface area (Å²) < 4.78 is 40.8. The SMILES string of the molecule is [C-]#[N+]c1cc(C)c(NC(=O)c2cc(C(F)(F)F)nn2-c2ncccc2Cl)c(C(=O)NC(C)C)c1. The Bertz CT molecular complexity index is 1310. The van der Waals surface area contributed by atoms with Gasteiger partial charge in [-0.15, -0.1) is 0 Å². The Labute approximate surface area is 197 Å². The normalized spacial score (nSPS) is 11.3. The van der Waals surface area contributed by atoms with Gasteiger partial charge in [-0.1, -0.05) is 17.7 Å². The number of halogens is 4. The molecular weight excluding hydrogens is 473 g/mol. The molecule has 0 aliphatic heterocycles. The lowest BCUT2D eigenvalue weighted by atomic mass is 10.0. The first-order valence-corrected chi connectivity index (χ1v) is 10.2. The molecule has 1 aromatic carbocycles. The fraction of sp³-hybridized carbons (Fsp3) is 0.227. The number of pyridine rings is 1. The highest BCUT2D eigenvalue weighted by Crippen LogP contribution is 2.32. The largest absolute Gasteiger partial charge is 0.435 e. The van der Waals surface area contributed by atoms with Crippen molar-refractivity contribution in [3.05, 3.63) is 75.5 Å². The number of amides is 2. The topological polar surface area (TPSA) is 93.3 Å². The highest BCUT2D eigenvalue weighted by Gasteiger charge is 2.36. The van der Waals surface area contributed by atoms with Gasteiger partial charge in [0, 0.05) is 18.3 Å². The zero-order valence-electron chi connectivity index (χ0n) is 18.2. The number of rotatable bonds is 5. The molecule has 2 N–H and O–H groups in total. The van der Waals surface area contributed by atoms with Crippen molar-refractivity contribution >= 4 is 34.8 Å². The van der Waals surface area contributed by atoms with Gasteiger partial charge in [-0.2, -0.15) is 18.3 Å².